The standard InChI is InChI=1S/C15H14ClFN2O4/c1-9(2)21-15(20)10-7-13(12(17)8-11(10)16)19-22-14-5-3-4-6-18(14)23-19/h3-5,7-9H,6H2,1-2H3. The predicted molar refractivity (Wildman–Crippen MR) is 80.5 cm³/mol. The Labute approximate surface area is 137 Å². The Balaban J connectivity index is 1.89. The Morgan fingerprint density at radius 3 is 2.91 bits per heavy atom. The van der Waals surface area contributed by atoms with Gasteiger partial charge in [0.15, 0.2) is 5.82 Å². The minimum atomic E-state index is -0.690. The SMILES string of the molecule is CC(C)OC(=O)c1cc(N2OC3=CC=CCN3O2)c(F)cc1Cl. The first-order valence-corrected chi connectivity index (χ1v) is 7.34. The van der Waals surface area contributed by atoms with E-state index in [0.717, 1.165) is 11.3 Å². The number of carbonyl (C=O) groups excluding carboxylic acids is 1. The first-order valence-electron chi connectivity index (χ1n) is 6.96. The van der Waals surface area contributed by atoms with Crippen LogP contribution in [0.25, 0.3) is 0 Å². The number of nitrogens with zero attached hydrogens (tertiary/aromatic N) is 2. The number of anilines is 1. The van der Waals surface area contributed by atoms with Crippen molar-refractivity contribution in [3.8, 4) is 0 Å². The summed E-state index contributed by atoms with van der Waals surface area (Å²) in [5.41, 5.74) is -0.0543. The first kappa shape index (κ1) is 15.6. The number of allylic oxidation sites excluding steroid dienone is 2. The van der Waals surface area contributed by atoms with Crippen LogP contribution in [0.5, 0.6) is 0 Å². The van der Waals surface area contributed by atoms with E-state index in [-0.39, 0.29) is 22.4 Å². The lowest BCUT2D eigenvalue weighted by molar-refractivity contribution is -0.117. The summed E-state index contributed by atoms with van der Waals surface area (Å²) in [6, 6.07) is 2.25. The van der Waals surface area contributed by atoms with Gasteiger partial charge < -0.3 is 9.57 Å². The van der Waals surface area contributed by atoms with Crippen molar-refractivity contribution in [3.63, 3.8) is 0 Å². The molecule has 2 aliphatic rings. The molecule has 8 heteroatoms. The zero-order valence-electron chi connectivity index (χ0n) is 12.5. The van der Waals surface area contributed by atoms with E-state index in [4.69, 9.17) is 26.1 Å². The van der Waals surface area contributed by atoms with Crippen LogP contribution < -0.4 is 5.23 Å². The molecule has 1 aromatic rings. The number of hydrogen-bond donors (Lipinski definition) is 0. The Morgan fingerprint density at radius 1 is 1.43 bits per heavy atom. The summed E-state index contributed by atoms with van der Waals surface area (Å²) < 4.78 is 19.3. The maximum Gasteiger partial charge on any atom is 0.339 e. The maximum atomic E-state index is 14.2. The topological polar surface area (TPSA) is 51.2 Å². The van der Waals surface area contributed by atoms with Gasteiger partial charge in [0.05, 0.1) is 23.2 Å². The number of hydroxylamine groups is 2. The Morgan fingerprint density at radius 2 is 2.22 bits per heavy atom. The van der Waals surface area contributed by atoms with Gasteiger partial charge >= 0.3 is 5.97 Å². The van der Waals surface area contributed by atoms with Gasteiger partial charge in [0.1, 0.15) is 5.69 Å². The molecule has 23 heavy (non-hydrogen) atoms. The quantitative estimate of drug-likeness (QED) is 0.786. The predicted octanol–water partition coefficient (Wildman–Crippen LogP) is 3.36. The van der Waals surface area contributed by atoms with Gasteiger partial charge in [-0.3, -0.25) is 0 Å². The third kappa shape index (κ3) is 3.11. The average Bonchev–Trinajstić information content (AvgIpc) is 2.89. The van der Waals surface area contributed by atoms with Gasteiger partial charge in [-0.1, -0.05) is 29.0 Å². The Kier molecular flexibility index (Phi) is 4.14. The van der Waals surface area contributed by atoms with Crippen LogP contribution in [0, 0.1) is 5.82 Å². The molecule has 1 saturated heterocycles. The number of esters is 1. The third-order valence-corrected chi connectivity index (χ3v) is 3.35. The van der Waals surface area contributed by atoms with E-state index in [1.54, 1.807) is 26.0 Å². The lowest BCUT2D eigenvalue weighted by Gasteiger charge is -2.16. The van der Waals surface area contributed by atoms with Crippen LogP contribution in [-0.2, 0) is 14.5 Å². The highest BCUT2D eigenvalue weighted by Crippen LogP contribution is 2.33. The summed E-state index contributed by atoms with van der Waals surface area (Å²) in [5.74, 6) is -0.929. The van der Waals surface area contributed by atoms with Crippen molar-refractivity contribution in [2.75, 3.05) is 11.8 Å². The molecule has 0 unspecified atom stereocenters. The number of halogens is 2. The summed E-state index contributed by atoms with van der Waals surface area (Å²) in [6.07, 6.45) is 4.99. The number of benzene rings is 1. The van der Waals surface area contributed by atoms with E-state index in [1.807, 2.05) is 6.08 Å². The van der Waals surface area contributed by atoms with E-state index >= 15 is 0 Å². The highest BCUT2D eigenvalue weighted by Gasteiger charge is 2.32. The number of carbonyl (C=O) groups is 1. The Bertz CT molecular complexity index is 705. The van der Waals surface area contributed by atoms with Crippen molar-refractivity contribution in [2.24, 2.45) is 0 Å². The molecule has 0 aliphatic carbocycles. The second-order valence-electron chi connectivity index (χ2n) is 5.16. The van der Waals surface area contributed by atoms with E-state index in [2.05, 4.69) is 0 Å². The molecular weight excluding hydrogens is 327 g/mol. The minimum absolute atomic E-state index is 0.0287. The summed E-state index contributed by atoms with van der Waals surface area (Å²) in [7, 11) is 0. The number of ether oxygens (including phenoxy) is 1. The second-order valence-corrected chi connectivity index (χ2v) is 5.57. The molecule has 0 aromatic heterocycles. The van der Waals surface area contributed by atoms with Crippen LogP contribution in [0.1, 0.15) is 24.2 Å². The lowest BCUT2D eigenvalue weighted by Crippen LogP contribution is -2.23. The fourth-order valence-corrected chi connectivity index (χ4v) is 2.25. The molecule has 6 nitrogen and oxygen atoms in total. The van der Waals surface area contributed by atoms with Crippen molar-refractivity contribution < 1.29 is 23.7 Å². The van der Waals surface area contributed by atoms with Gasteiger partial charge in [-0.05, 0) is 26.0 Å². The smallest absolute Gasteiger partial charge is 0.339 e. The van der Waals surface area contributed by atoms with Crippen LogP contribution >= 0.6 is 11.6 Å². The number of fused-ring (bicyclic) bond motifs is 1. The maximum absolute atomic E-state index is 14.2. The van der Waals surface area contributed by atoms with Gasteiger partial charge in [-0.15, -0.1) is 4.94 Å². The molecule has 2 heterocycles. The Hall–Kier alpha value is -2.25. The fraction of sp³-hybridized carbons (Fsp3) is 0.267. The summed E-state index contributed by atoms with van der Waals surface area (Å²) in [6.45, 7) is 3.88. The van der Waals surface area contributed by atoms with Crippen molar-refractivity contribution in [3.05, 3.63) is 52.6 Å². The van der Waals surface area contributed by atoms with Gasteiger partial charge in [0, 0.05) is 6.08 Å². The molecule has 0 bridgehead atoms. The molecular formula is C15H14ClFN2O4. The fourth-order valence-electron chi connectivity index (χ4n) is 2.03. The number of hydrogen-bond acceptors (Lipinski definition) is 6. The van der Waals surface area contributed by atoms with Crippen molar-refractivity contribution in [1.82, 2.24) is 5.06 Å². The summed E-state index contributed by atoms with van der Waals surface area (Å²) >= 11 is 5.94. The van der Waals surface area contributed by atoms with Gasteiger partial charge in [-0.25, -0.2) is 9.18 Å². The molecule has 0 saturated carbocycles. The molecule has 3 rings (SSSR count). The highest BCUT2D eigenvalue weighted by molar-refractivity contribution is 6.33. The van der Waals surface area contributed by atoms with E-state index in [0.29, 0.717) is 12.4 Å². The molecule has 0 N–H and O–H groups in total. The van der Waals surface area contributed by atoms with E-state index < -0.39 is 11.8 Å². The van der Waals surface area contributed by atoms with Crippen LogP contribution in [0.4, 0.5) is 10.1 Å². The molecule has 0 atom stereocenters. The molecule has 2 aliphatic heterocycles. The number of rotatable bonds is 3. The van der Waals surface area contributed by atoms with Crippen molar-refractivity contribution >= 4 is 23.3 Å². The van der Waals surface area contributed by atoms with Crippen LogP contribution in [0.15, 0.2) is 36.2 Å². The van der Waals surface area contributed by atoms with Crippen molar-refractivity contribution in [1.29, 1.82) is 0 Å². The van der Waals surface area contributed by atoms with Gasteiger partial charge in [-0.2, -0.15) is 5.06 Å². The molecule has 0 spiro atoms. The lowest BCUT2D eigenvalue weighted by atomic mass is 10.2. The zero-order chi connectivity index (χ0) is 16.6. The third-order valence-electron chi connectivity index (χ3n) is 3.04. The summed E-state index contributed by atoms with van der Waals surface area (Å²) in [4.78, 5) is 22.8. The second kappa shape index (κ2) is 6.10. The van der Waals surface area contributed by atoms with Gasteiger partial charge in [0.2, 0.25) is 0 Å². The highest BCUT2D eigenvalue weighted by atomic mass is 35.5. The molecule has 0 amide bonds. The zero-order valence-corrected chi connectivity index (χ0v) is 13.2. The van der Waals surface area contributed by atoms with Crippen LogP contribution in [-0.4, -0.2) is 23.7 Å². The largest absolute Gasteiger partial charge is 0.459 e. The van der Waals surface area contributed by atoms with E-state index in [9.17, 15) is 9.18 Å². The first-order chi connectivity index (χ1) is 11.0. The molecule has 1 aromatic carbocycles. The van der Waals surface area contributed by atoms with E-state index in [1.165, 1.54) is 11.1 Å². The monoisotopic (exact) mass is 340 g/mol. The van der Waals surface area contributed by atoms with Crippen LogP contribution in [0.2, 0.25) is 5.02 Å². The minimum Gasteiger partial charge on any atom is -0.459 e. The van der Waals surface area contributed by atoms with Gasteiger partial charge in [0.25, 0.3) is 5.88 Å². The molecule has 0 radical (unpaired) electrons. The van der Waals surface area contributed by atoms with Crippen molar-refractivity contribution in [2.45, 2.75) is 20.0 Å². The molecule has 1 fully saturated rings. The normalized spacial score (nSPS) is 16.3. The summed E-state index contributed by atoms with van der Waals surface area (Å²) in [5, 5.41) is 2.27. The molecule has 122 valence electrons. The van der Waals surface area contributed by atoms with Crippen LogP contribution in [0.3, 0.4) is 0 Å². The average molecular weight is 341 g/mol.